The molecule has 1 aromatic carbocycles. The Morgan fingerprint density at radius 3 is 2.52 bits per heavy atom. The Morgan fingerprint density at radius 2 is 1.81 bits per heavy atom. The molecule has 3 rings (SSSR count). The summed E-state index contributed by atoms with van der Waals surface area (Å²) in [5, 5.41) is 0.760. The molecule has 1 saturated carbocycles. The highest BCUT2D eigenvalue weighted by Crippen LogP contribution is 2.39. The predicted octanol–water partition coefficient (Wildman–Crippen LogP) is 4.83. The Bertz CT molecular complexity index is 473. The van der Waals surface area contributed by atoms with E-state index in [4.69, 9.17) is 26.1 Å². The number of hydrogen-bond acceptors (Lipinski definition) is 4. The third kappa shape index (κ3) is 3.93. The molecular formula is C16H21ClO3S. The van der Waals surface area contributed by atoms with E-state index >= 15 is 0 Å². The first-order chi connectivity index (χ1) is 10.1. The second-order valence-electron chi connectivity index (χ2n) is 6.08. The molecule has 0 amide bonds. The van der Waals surface area contributed by atoms with Crippen molar-refractivity contribution in [2.24, 2.45) is 0 Å². The lowest BCUT2D eigenvalue weighted by atomic mass is 10.1. The van der Waals surface area contributed by atoms with Gasteiger partial charge in [0.1, 0.15) is 5.60 Å². The van der Waals surface area contributed by atoms with Gasteiger partial charge in [0.25, 0.3) is 0 Å². The average molecular weight is 329 g/mol. The van der Waals surface area contributed by atoms with Crippen molar-refractivity contribution in [3.63, 3.8) is 0 Å². The Kier molecular flexibility index (Phi) is 4.81. The van der Waals surface area contributed by atoms with Gasteiger partial charge in [-0.1, -0.05) is 11.6 Å². The highest BCUT2D eigenvalue weighted by molar-refractivity contribution is 7.99. The molecule has 2 aliphatic rings. The molecule has 0 N–H and O–H groups in total. The fraction of sp³-hybridized carbons (Fsp3) is 0.625. The first-order valence-electron chi connectivity index (χ1n) is 7.49. The number of benzene rings is 1. The van der Waals surface area contributed by atoms with Crippen LogP contribution in [-0.2, 0) is 14.5 Å². The Labute approximate surface area is 135 Å². The van der Waals surface area contributed by atoms with Gasteiger partial charge in [-0.15, -0.1) is 11.8 Å². The maximum Gasteiger partial charge on any atom is 0.201 e. The van der Waals surface area contributed by atoms with Gasteiger partial charge >= 0.3 is 0 Å². The smallest absolute Gasteiger partial charge is 0.201 e. The summed E-state index contributed by atoms with van der Waals surface area (Å²) in [5.41, 5.74) is -0.323. The van der Waals surface area contributed by atoms with Crippen molar-refractivity contribution >= 4 is 23.4 Å². The first-order valence-corrected chi connectivity index (χ1v) is 8.85. The molecule has 1 aliphatic carbocycles. The molecule has 1 spiro atoms. The van der Waals surface area contributed by atoms with Crippen LogP contribution in [0.1, 0.15) is 39.0 Å². The van der Waals surface area contributed by atoms with E-state index < -0.39 is 5.79 Å². The van der Waals surface area contributed by atoms with Crippen LogP contribution in [0.2, 0.25) is 5.02 Å². The van der Waals surface area contributed by atoms with Crippen LogP contribution in [0.5, 0.6) is 0 Å². The van der Waals surface area contributed by atoms with Crippen molar-refractivity contribution in [2.75, 3.05) is 12.4 Å². The number of thioether (sulfide) groups is 1. The monoisotopic (exact) mass is 328 g/mol. The van der Waals surface area contributed by atoms with E-state index in [1.54, 1.807) is 11.8 Å². The molecule has 2 fully saturated rings. The fourth-order valence-corrected chi connectivity index (χ4v) is 3.82. The van der Waals surface area contributed by atoms with Crippen molar-refractivity contribution in [3.05, 3.63) is 29.3 Å². The molecule has 116 valence electrons. The van der Waals surface area contributed by atoms with Gasteiger partial charge < -0.3 is 4.74 Å². The molecule has 1 atom stereocenters. The van der Waals surface area contributed by atoms with Crippen LogP contribution in [0.3, 0.4) is 0 Å². The Morgan fingerprint density at radius 1 is 1.10 bits per heavy atom. The number of halogens is 1. The zero-order valence-electron chi connectivity index (χ0n) is 12.3. The van der Waals surface area contributed by atoms with Gasteiger partial charge in [0.2, 0.25) is 5.79 Å². The summed E-state index contributed by atoms with van der Waals surface area (Å²) in [6.45, 7) is 2.78. The van der Waals surface area contributed by atoms with Crippen LogP contribution >= 0.6 is 23.4 Å². The summed E-state index contributed by atoms with van der Waals surface area (Å²) in [5.74, 6) is 0.344. The summed E-state index contributed by atoms with van der Waals surface area (Å²) in [6.07, 6.45) is 5.02. The topological polar surface area (TPSA) is 27.7 Å². The van der Waals surface area contributed by atoms with Gasteiger partial charge in [-0.2, -0.15) is 0 Å². The molecule has 1 unspecified atom stereocenters. The summed E-state index contributed by atoms with van der Waals surface area (Å²) in [4.78, 5) is 12.7. The predicted molar refractivity (Wildman–Crippen MR) is 84.5 cm³/mol. The molecule has 0 bridgehead atoms. The summed E-state index contributed by atoms with van der Waals surface area (Å²) in [6, 6.07) is 7.88. The molecule has 1 heterocycles. The van der Waals surface area contributed by atoms with Crippen LogP contribution in [0.4, 0.5) is 0 Å². The maximum atomic E-state index is 5.94. The molecule has 1 aromatic rings. The van der Waals surface area contributed by atoms with Crippen LogP contribution in [0.15, 0.2) is 29.2 Å². The lowest BCUT2D eigenvalue weighted by Crippen LogP contribution is -2.35. The second kappa shape index (κ2) is 6.47. The Balaban J connectivity index is 1.57. The quantitative estimate of drug-likeness (QED) is 0.586. The van der Waals surface area contributed by atoms with Crippen LogP contribution < -0.4 is 0 Å². The molecule has 1 aliphatic heterocycles. The number of hydrogen-bond donors (Lipinski definition) is 0. The van der Waals surface area contributed by atoms with Crippen molar-refractivity contribution < 1.29 is 14.5 Å². The molecule has 1 saturated heterocycles. The van der Waals surface area contributed by atoms with Gasteiger partial charge in [0, 0.05) is 34.9 Å². The lowest BCUT2D eigenvalue weighted by molar-refractivity contribution is -0.441. The summed E-state index contributed by atoms with van der Waals surface area (Å²) < 4.78 is 5.94. The Hall–Kier alpha value is -0.260. The van der Waals surface area contributed by atoms with Crippen molar-refractivity contribution in [1.82, 2.24) is 0 Å². The zero-order valence-corrected chi connectivity index (χ0v) is 13.8. The van der Waals surface area contributed by atoms with E-state index in [2.05, 4.69) is 6.92 Å². The van der Waals surface area contributed by atoms with Crippen LogP contribution in [0.25, 0.3) is 0 Å². The average Bonchev–Trinajstić information content (AvgIpc) is 2.87. The van der Waals surface area contributed by atoms with E-state index in [0.717, 1.165) is 42.9 Å². The molecule has 3 nitrogen and oxygen atoms in total. The highest BCUT2D eigenvalue weighted by Gasteiger charge is 2.43. The van der Waals surface area contributed by atoms with E-state index in [9.17, 15) is 0 Å². The minimum absolute atomic E-state index is 0.323. The second-order valence-corrected chi connectivity index (χ2v) is 7.56. The third-order valence-corrected chi connectivity index (χ3v) is 5.73. The molecule has 5 heteroatoms. The van der Waals surface area contributed by atoms with Gasteiger partial charge in [-0.05, 0) is 44.0 Å². The minimum atomic E-state index is -0.483. The lowest BCUT2D eigenvalue weighted by Gasteiger charge is -2.28. The molecular weight excluding hydrogens is 308 g/mol. The largest absolute Gasteiger partial charge is 0.347 e. The van der Waals surface area contributed by atoms with Crippen LogP contribution in [0, 0.1) is 0 Å². The first kappa shape index (κ1) is 15.6. The highest BCUT2D eigenvalue weighted by atomic mass is 35.5. The number of ether oxygens (including phenoxy) is 1. The van der Waals surface area contributed by atoms with E-state index in [1.165, 1.54) is 4.90 Å². The third-order valence-electron chi connectivity index (χ3n) is 4.11. The van der Waals surface area contributed by atoms with Gasteiger partial charge in [0.05, 0.1) is 6.61 Å². The van der Waals surface area contributed by atoms with Crippen molar-refractivity contribution in [3.8, 4) is 0 Å². The summed E-state index contributed by atoms with van der Waals surface area (Å²) >= 11 is 7.66. The van der Waals surface area contributed by atoms with Crippen molar-refractivity contribution in [2.45, 2.75) is 55.3 Å². The van der Waals surface area contributed by atoms with E-state index in [0.29, 0.717) is 6.61 Å². The van der Waals surface area contributed by atoms with Gasteiger partial charge in [-0.3, -0.25) is 0 Å². The molecule has 21 heavy (non-hydrogen) atoms. The summed E-state index contributed by atoms with van der Waals surface area (Å²) in [7, 11) is 0. The molecule has 0 aromatic heterocycles. The minimum Gasteiger partial charge on any atom is -0.347 e. The SMILES string of the molecule is CC1(CSc2ccc(Cl)cc2)CCOC2(CCCC2)OO1. The number of rotatable bonds is 3. The van der Waals surface area contributed by atoms with E-state index in [1.807, 2.05) is 24.3 Å². The fourth-order valence-electron chi connectivity index (χ4n) is 2.70. The van der Waals surface area contributed by atoms with Gasteiger partial charge in [-0.25, -0.2) is 9.78 Å². The normalized spacial score (nSPS) is 28.7. The van der Waals surface area contributed by atoms with Gasteiger partial charge in [0.15, 0.2) is 0 Å². The maximum absolute atomic E-state index is 5.94. The standard InChI is InChI=1S/C16H21ClO3S/c1-15(12-21-14-6-4-13(17)5-7-14)10-11-18-16(20-19-15)8-2-3-9-16/h4-7H,2-3,8-12H2,1H3. The molecule has 0 radical (unpaired) electrons. The van der Waals surface area contributed by atoms with Crippen molar-refractivity contribution in [1.29, 1.82) is 0 Å². The zero-order chi connectivity index (χ0) is 14.8. The van der Waals surface area contributed by atoms with E-state index in [-0.39, 0.29) is 5.60 Å². The van der Waals surface area contributed by atoms with Crippen LogP contribution in [-0.4, -0.2) is 23.7 Å².